The van der Waals surface area contributed by atoms with Crippen molar-refractivity contribution >= 4 is 71.8 Å². The first-order valence-corrected chi connectivity index (χ1v) is 21.2. The maximum Gasteiger partial charge on any atom is 0.328 e. The number of rotatable bonds is 29. The smallest absolute Gasteiger partial charge is 0.328 e. The van der Waals surface area contributed by atoms with Crippen LogP contribution in [0.3, 0.4) is 0 Å². The van der Waals surface area contributed by atoms with Gasteiger partial charge in [-0.05, 0) is 65.0 Å². The van der Waals surface area contributed by atoms with E-state index in [4.69, 9.17) is 10.8 Å². The molecular formula is C37H65N11O14S. The van der Waals surface area contributed by atoms with Crippen LogP contribution in [-0.4, -0.2) is 179 Å². The molecule has 26 heteroatoms. The average Bonchev–Trinajstić information content (AvgIpc) is 3.81. The number of aliphatic hydroxyl groups excluding tert-OH is 3. The third kappa shape index (κ3) is 19.4. The highest BCUT2D eigenvalue weighted by atomic mass is 32.1. The van der Waals surface area contributed by atoms with Gasteiger partial charge in [0.05, 0.1) is 32.4 Å². The molecule has 1 heterocycles. The summed E-state index contributed by atoms with van der Waals surface area (Å²) in [6.07, 6.45) is 2.54. The monoisotopic (exact) mass is 919 g/mol. The molecule has 0 saturated carbocycles. The maximum absolute atomic E-state index is 13.7. The van der Waals surface area contributed by atoms with Crippen LogP contribution in [0.4, 0.5) is 0 Å². The fraction of sp³-hybridized carbons (Fsp3) is 0.730. The predicted molar refractivity (Wildman–Crippen MR) is 226 cm³/mol. The van der Waals surface area contributed by atoms with E-state index in [2.05, 4.69) is 65.8 Å². The summed E-state index contributed by atoms with van der Waals surface area (Å²) in [5.41, 5.74) is 5.59. The molecule has 16 N–H and O–H groups in total. The minimum Gasteiger partial charge on any atom is -0.480 e. The molecule has 1 rings (SSSR count). The lowest BCUT2D eigenvalue weighted by Gasteiger charge is -2.29. The van der Waals surface area contributed by atoms with E-state index in [-0.39, 0.29) is 18.7 Å². The van der Waals surface area contributed by atoms with Crippen LogP contribution >= 0.6 is 12.6 Å². The summed E-state index contributed by atoms with van der Waals surface area (Å²) >= 11 is 4.09. The van der Waals surface area contributed by atoms with Crippen molar-refractivity contribution in [1.82, 2.24) is 53.2 Å². The Hall–Kier alpha value is -5.15. The van der Waals surface area contributed by atoms with Gasteiger partial charge in [0.25, 0.3) is 0 Å². The highest BCUT2D eigenvalue weighted by Crippen LogP contribution is 2.11. The Balaban J connectivity index is 2.91. The number of nitrogens with two attached hydrogens (primary N) is 1. The van der Waals surface area contributed by atoms with E-state index in [0.29, 0.717) is 32.2 Å². The second-order valence-corrected chi connectivity index (χ2v) is 15.3. The second-order valence-electron chi connectivity index (χ2n) is 14.9. The number of carbonyl (C=O) groups excluding carboxylic acids is 9. The molecule has 358 valence electrons. The lowest BCUT2D eigenvalue weighted by molar-refractivity contribution is -0.143. The average molecular weight is 920 g/mol. The Bertz CT molecular complexity index is 1590. The number of carboxylic acids is 1. The number of amides is 9. The van der Waals surface area contributed by atoms with Crippen molar-refractivity contribution in [2.24, 2.45) is 11.7 Å². The van der Waals surface area contributed by atoms with Gasteiger partial charge in [0, 0.05) is 5.75 Å². The molecule has 0 bridgehead atoms. The highest BCUT2D eigenvalue weighted by Gasteiger charge is 2.35. The van der Waals surface area contributed by atoms with Crippen LogP contribution in [0.2, 0.25) is 0 Å². The number of carboxylic acid groups (broad SMARTS) is 1. The SMILES string of the molecule is CC[C@H](C)[C@H](NC(=O)[C@H](CO)NC(=O)[C@H](CS)NC(=O)[C@H](C)NC(=O)CNC(=O)[C@H](CO)NC(=O)[C@@H]1CCCN1)C(=O)N[C@@H](CCCCN)C(=O)N[C@@H](C)C(=O)N[C@@H](CO)C(=O)O. The molecule has 0 spiro atoms. The van der Waals surface area contributed by atoms with Gasteiger partial charge in [-0.15, -0.1) is 0 Å². The van der Waals surface area contributed by atoms with Crippen LogP contribution in [0.15, 0.2) is 0 Å². The number of aliphatic carboxylic acids is 1. The highest BCUT2D eigenvalue weighted by molar-refractivity contribution is 7.80. The largest absolute Gasteiger partial charge is 0.480 e. The van der Waals surface area contributed by atoms with Crippen LogP contribution in [-0.2, 0) is 47.9 Å². The summed E-state index contributed by atoms with van der Waals surface area (Å²) in [6, 6.07) is -11.7. The summed E-state index contributed by atoms with van der Waals surface area (Å²) in [6.45, 7) is 3.54. The minimum absolute atomic E-state index is 0.0498. The number of hydrogen-bond acceptors (Lipinski definition) is 16. The third-order valence-electron chi connectivity index (χ3n) is 9.94. The predicted octanol–water partition coefficient (Wildman–Crippen LogP) is -7.06. The quantitative estimate of drug-likeness (QED) is 0.0245. The molecule has 1 saturated heterocycles. The summed E-state index contributed by atoms with van der Waals surface area (Å²) in [5.74, 6) is -9.98. The zero-order chi connectivity index (χ0) is 47.8. The van der Waals surface area contributed by atoms with E-state index in [1.54, 1.807) is 13.8 Å². The van der Waals surface area contributed by atoms with E-state index in [9.17, 15) is 63.3 Å². The molecule has 0 radical (unpaired) electrons. The van der Waals surface area contributed by atoms with E-state index >= 15 is 0 Å². The van der Waals surface area contributed by atoms with E-state index in [1.165, 1.54) is 13.8 Å². The van der Waals surface area contributed by atoms with Gasteiger partial charge < -0.3 is 79.3 Å². The van der Waals surface area contributed by atoms with Gasteiger partial charge in [0.1, 0.15) is 48.3 Å². The Morgan fingerprint density at radius 1 is 0.651 bits per heavy atom. The van der Waals surface area contributed by atoms with E-state index in [0.717, 1.165) is 6.42 Å². The number of unbranched alkanes of at least 4 members (excludes halogenated alkanes) is 1. The van der Waals surface area contributed by atoms with Crippen molar-refractivity contribution in [2.45, 2.75) is 121 Å². The maximum atomic E-state index is 13.7. The molecule has 63 heavy (non-hydrogen) atoms. The molecule has 0 aromatic carbocycles. The first-order chi connectivity index (χ1) is 29.8. The van der Waals surface area contributed by atoms with Gasteiger partial charge >= 0.3 is 5.97 Å². The molecule has 1 aliphatic heterocycles. The Morgan fingerprint density at radius 2 is 1.17 bits per heavy atom. The van der Waals surface area contributed by atoms with Crippen LogP contribution in [0.1, 0.15) is 66.2 Å². The molecule has 25 nitrogen and oxygen atoms in total. The van der Waals surface area contributed by atoms with Gasteiger partial charge in [-0.1, -0.05) is 20.3 Å². The van der Waals surface area contributed by atoms with Crippen molar-refractivity contribution in [3.8, 4) is 0 Å². The normalized spacial score (nSPS) is 17.6. The van der Waals surface area contributed by atoms with Crippen molar-refractivity contribution < 1.29 is 68.4 Å². The third-order valence-corrected chi connectivity index (χ3v) is 10.3. The fourth-order valence-electron chi connectivity index (χ4n) is 5.82. The molecule has 1 fully saturated rings. The van der Waals surface area contributed by atoms with E-state index in [1.807, 2.05) is 0 Å². The zero-order valence-electron chi connectivity index (χ0n) is 35.9. The van der Waals surface area contributed by atoms with Crippen LogP contribution in [0.5, 0.6) is 0 Å². The van der Waals surface area contributed by atoms with Crippen LogP contribution in [0.25, 0.3) is 0 Å². The first-order valence-electron chi connectivity index (χ1n) is 20.6. The van der Waals surface area contributed by atoms with Gasteiger partial charge in [0.2, 0.25) is 53.2 Å². The molecule has 1 aliphatic rings. The summed E-state index contributed by atoms with van der Waals surface area (Å²) in [7, 11) is 0. The molecule has 0 aromatic heterocycles. The fourth-order valence-corrected chi connectivity index (χ4v) is 6.08. The summed E-state index contributed by atoms with van der Waals surface area (Å²) in [5, 5.41) is 62.1. The van der Waals surface area contributed by atoms with Crippen molar-refractivity contribution in [2.75, 3.05) is 45.2 Å². The summed E-state index contributed by atoms with van der Waals surface area (Å²) in [4.78, 5) is 128. The van der Waals surface area contributed by atoms with Gasteiger partial charge in [-0.3, -0.25) is 43.2 Å². The van der Waals surface area contributed by atoms with Gasteiger partial charge in [0.15, 0.2) is 0 Å². The van der Waals surface area contributed by atoms with Crippen LogP contribution in [0, 0.1) is 5.92 Å². The van der Waals surface area contributed by atoms with Crippen molar-refractivity contribution in [1.29, 1.82) is 0 Å². The standard InChI is InChI=1S/C37H65N11O14S/c1-5-18(2)28(36(60)43-22(9-6-7-11-38)33(57)42-20(4)30(54)46-25(16-51)37(61)62)48-34(58)24(15-50)45-35(59)26(17-63)47-29(53)19(3)41-27(52)13-40-31(55)23(14-49)44-32(56)21-10-8-12-39-21/h18-26,28,39,49-51,63H,5-17,38H2,1-4H3,(H,40,55)(H,41,52)(H,42,57)(H,43,60)(H,44,56)(H,45,59)(H,46,54)(H,47,53)(H,48,58)(H,61,62)/t18-,19-,20-,21-,22-,23-,24-,25-,26-,28-/m0/s1. The molecule has 0 unspecified atom stereocenters. The Morgan fingerprint density at radius 3 is 1.70 bits per heavy atom. The van der Waals surface area contributed by atoms with Gasteiger partial charge in [-0.25, -0.2) is 4.79 Å². The molecule has 9 amide bonds. The Kier molecular flexibility index (Phi) is 25.9. The minimum atomic E-state index is -1.66. The number of carbonyl (C=O) groups is 10. The number of thiol groups is 1. The zero-order valence-corrected chi connectivity index (χ0v) is 36.8. The number of nitrogens with one attached hydrogen (secondary N) is 10. The second kappa shape index (κ2) is 29.3. The molecule has 10 atom stereocenters. The lowest BCUT2D eigenvalue weighted by Crippen LogP contribution is -2.61. The van der Waals surface area contributed by atoms with Crippen molar-refractivity contribution in [3.05, 3.63) is 0 Å². The summed E-state index contributed by atoms with van der Waals surface area (Å²) < 4.78 is 0. The lowest BCUT2D eigenvalue weighted by atomic mass is 9.97. The number of aliphatic hydroxyl groups is 3. The van der Waals surface area contributed by atoms with Crippen LogP contribution < -0.4 is 58.9 Å². The molecular weight excluding hydrogens is 855 g/mol. The molecule has 0 aromatic rings. The Labute approximate surface area is 370 Å². The number of hydrogen-bond donors (Lipinski definition) is 16. The van der Waals surface area contributed by atoms with Gasteiger partial charge in [-0.2, -0.15) is 12.6 Å². The molecule has 0 aliphatic carbocycles. The van der Waals surface area contributed by atoms with Crippen molar-refractivity contribution in [3.63, 3.8) is 0 Å². The topological polar surface area (TPSA) is 398 Å². The first kappa shape index (κ1) is 55.9. The van der Waals surface area contributed by atoms with E-state index < -0.39 is 146 Å².